The standard InChI is InChI=1S/C15H21F3N2O/c1-4-8-20(10-15(16,17)18)14(21)13-7-6-12(19-5-2)9-11(13)3/h6-7,9,19H,4-5,8,10H2,1-3H3. The van der Waals surface area contributed by atoms with Crippen LogP contribution in [0.15, 0.2) is 18.2 Å². The lowest BCUT2D eigenvalue weighted by atomic mass is 10.1. The van der Waals surface area contributed by atoms with Crippen molar-refractivity contribution >= 4 is 11.6 Å². The summed E-state index contributed by atoms with van der Waals surface area (Å²) in [7, 11) is 0. The maximum absolute atomic E-state index is 12.6. The van der Waals surface area contributed by atoms with E-state index in [2.05, 4.69) is 5.32 Å². The SMILES string of the molecule is CCCN(CC(F)(F)F)C(=O)c1ccc(NCC)cc1C. The van der Waals surface area contributed by atoms with Gasteiger partial charge in [-0.05, 0) is 44.0 Å². The molecule has 6 heteroatoms. The van der Waals surface area contributed by atoms with Crippen LogP contribution < -0.4 is 5.32 Å². The van der Waals surface area contributed by atoms with Gasteiger partial charge in [-0.25, -0.2) is 0 Å². The van der Waals surface area contributed by atoms with Crippen LogP contribution in [0.1, 0.15) is 36.2 Å². The monoisotopic (exact) mass is 302 g/mol. The summed E-state index contributed by atoms with van der Waals surface area (Å²) in [5, 5.41) is 3.10. The van der Waals surface area contributed by atoms with E-state index in [9.17, 15) is 18.0 Å². The van der Waals surface area contributed by atoms with Gasteiger partial charge in [0.2, 0.25) is 0 Å². The van der Waals surface area contributed by atoms with Gasteiger partial charge in [0.25, 0.3) is 5.91 Å². The topological polar surface area (TPSA) is 32.3 Å². The lowest BCUT2D eigenvalue weighted by molar-refractivity contribution is -0.140. The first-order valence-corrected chi connectivity index (χ1v) is 6.99. The Morgan fingerprint density at radius 3 is 2.43 bits per heavy atom. The minimum Gasteiger partial charge on any atom is -0.385 e. The maximum Gasteiger partial charge on any atom is 0.406 e. The second-order valence-corrected chi connectivity index (χ2v) is 4.90. The molecule has 1 rings (SSSR count). The van der Waals surface area contributed by atoms with Crippen LogP contribution in [0.5, 0.6) is 0 Å². The average Bonchev–Trinajstić information content (AvgIpc) is 2.36. The van der Waals surface area contributed by atoms with Crippen LogP contribution in [-0.2, 0) is 0 Å². The molecular weight excluding hydrogens is 281 g/mol. The van der Waals surface area contributed by atoms with Crippen LogP contribution in [0.2, 0.25) is 0 Å². The first-order valence-electron chi connectivity index (χ1n) is 6.99. The number of carbonyl (C=O) groups is 1. The largest absolute Gasteiger partial charge is 0.406 e. The van der Waals surface area contributed by atoms with E-state index in [1.807, 2.05) is 6.92 Å². The van der Waals surface area contributed by atoms with Gasteiger partial charge < -0.3 is 10.2 Å². The van der Waals surface area contributed by atoms with Gasteiger partial charge in [0.15, 0.2) is 0 Å². The van der Waals surface area contributed by atoms with Crippen molar-refractivity contribution in [3.8, 4) is 0 Å². The molecule has 0 atom stereocenters. The Morgan fingerprint density at radius 1 is 1.29 bits per heavy atom. The molecular formula is C15H21F3N2O. The maximum atomic E-state index is 12.6. The number of benzene rings is 1. The minimum absolute atomic E-state index is 0.0900. The number of nitrogens with one attached hydrogen (secondary N) is 1. The zero-order chi connectivity index (χ0) is 16.0. The van der Waals surface area contributed by atoms with Gasteiger partial charge in [-0.3, -0.25) is 4.79 Å². The van der Waals surface area contributed by atoms with Crippen molar-refractivity contribution in [1.82, 2.24) is 4.90 Å². The van der Waals surface area contributed by atoms with E-state index in [0.717, 1.165) is 17.1 Å². The summed E-state index contributed by atoms with van der Waals surface area (Å²) >= 11 is 0. The molecule has 1 aromatic rings. The molecule has 21 heavy (non-hydrogen) atoms. The first kappa shape index (κ1) is 17.3. The van der Waals surface area contributed by atoms with Gasteiger partial charge in [0.1, 0.15) is 6.54 Å². The molecule has 0 radical (unpaired) electrons. The summed E-state index contributed by atoms with van der Waals surface area (Å²) in [6.45, 7) is 5.04. The molecule has 0 aliphatic rings. The van der Waals surface area contributed by atoms with E-state index < -0.39 is 18.6 Å². The molecule has 0 heterocycles. The molecule has 0 aliphatic heterocycles. The first-order chi connectivity index (χ1) is 9.78. The van der Waals surface area contributed by atoms with Gasteiger partial charge in [0.05, 0.1) is 0 Å². The van der Waals surface area contributed by atoms with E-state index in [4.69, 9.17) is 0 Å². The highest BCUT2D eigenvalue weighted by atomic mass is 19.4. The van der Waals surface area contributed by atoms with Crippen LogP contribution >= 0.6 is 0 Å². The second-order valence-electron chi connectivity index (χ2n) is 4.90. The molecule has 1 amide bonds. The van der Waals surface area contributed by atoms with Crippen molar-refractivity contribution in [3.63, 3.8) is 0 Å². The fraction of sp³-hybridized carbons (Fsp3) is 0.533. The van der Waals surface area contributed by atoms with Gasteiger partial charge in [-0.1, -0.05) is 6.92 Å². The fourth-order valence-corrected chi connectivity index (χ4v) is 2.13. The lowest BCUT2D eigenvalue weighted by Gasteiger charge is -2.24. The number of hydrogen-bond donors (Lipinski definition) is 1. The van der Waals surface area contributed by atoms with Crippen molar-refractivity contribution in [2.24, 2.45) is 0 Å². The highest BCUT2D eigenvalue weighted by Gasteiger charge is 2.33. The molecule has 0 spiro atoms. The summed E-state index contributed by atoms with van der Waals surface area (Å²) in [5.74, 6) is -0.574. The normalized spacial score (nSPS) is 11.3. The molecule has 0 unspecified atom stereocenters. The zero-order valence-electron chi connectivity index (χ0n) is 12.5. The van der Waals surface area contributed by atoms with Crippen LogP contribution in [0.4, 0.5) is 18.9 Å². The predicted molar refractivity (Wildman–Crippen MR) is 77.6 cm³/mol. The Hall–Kier alpha value is -1.72. The average molecular weight is 302 g/mol. The number of rotatable bonds is 6. The highest BCUT2D eigenvalue weighted by molar-refractivity contribution is 5.96. The second kappa shape index (κ2) is 7.33. The summed E-state index contributed by atoms with van der Waals surface area (Å²) in [4.78, 5) is 13.2. The van der Waals surface area contributed by atoms with E-state index >= 15 is 0 Å². The molecule has 1 N–H and O–H groups in total. The van der Waals surface area contributed by atoms with E-state index in [0.29, 0.717) is 17.5 Å². The van der Waals surface area contributed by atoms with Gasteiger partial charge in [-0.2, -0.15) is 13.2 Å². The van der Waals surface area contributed by atoms with Crippen molar-refractivity contribution in [2.75, 3.05) is 25.0 Å². The fourth-order valence-electron chi connectivity index (χ4n) is 2.13. The van der Waals surface area contributed by atoms with Gasteiger partial charge >= 0.3 is 6.18 Å². The Labute approximate surface area is 123 Å². The van der Waals surface area contributed by atoms with Gasteiger partial charge in [0, 0.05) is 24.3 Å². The molecule has 0 bridgehead atoms. The molecule has 0 aromatic heterocycles. The number of hydrogen-bond acceptors (Lipinski definition) is 2. The van der Waals surface area contributed by atoms with Crippen LogP contribution in [0.3, 0.4) is 0 Å². The van der Waals surface area contributed by atoms with E-state index in [1.165, 1.54) is 0 Å². The van der Waals surface area contributed by atoms with Crippen molar-refractivity contribution < 1.29 is 18.0 Å². The Kier molecular flexibility index (Phi) is 6.05. The third-order valence-corrected chi connectivity index (χ3v) is 2.99. The minimum atomic E-state index is -4.39. The number of anilines is 1. The Bertz CT molecular complexity index is 486. The smallest absolute Gasteiger partial charge is 0.385 e. The highest BCUT2D eigenvalue weighted by Crippen LogP contribution is 2.21. The molecule has 0 saturated heterocycles. The van der Waals surface area contributed by atoms with Crippen LogP contribution in [0.25, 0.3) is 0 Å². The van der Waals surface area contributed by atoms with Gasteiger partial charge in [-0.15, -0.1) is 0 Å². The van der Waals surface area contributed by atoms with Crippen molar-refractivity contribution in [3.05, 3.63) is 29.3 Å². The third-order valence-electron chi connectivity index (χ3n) is 2.99. The molecule has 0 saturated carbocycles. The number of carbonyl (C=O) groups excluding carboxylic acids is 1. The summed E-state index contributed by atoms with van der Waals surface area (Å²) in [6.07, 6.45) is -3.90. The molecule has 0 aliphatic carbocycles. The number of alkyl halides is 3. The molecule has 1 aromatic carbocycles. The number of halogens is 3. The van der Waals surface area contributed by atoms with E-state index in [-0.39, 0.29) is 6.54 Å². The van der Waals surface area contributed by atoms with Crippen molar-refractivity contribution in [1.29, 1.82) is 0 Å². The zero-order valence-corrected chi connectivity index (χ0v) is 12.5. The van der Waals surface area contributed by atoms with Crippen LogP contribution in [0, 0.1) is 6.92 Å². The summed E-state index contributed by atoms with van der Waals surface area (Å²) in [6, 6.07) is 5.06. The third kappa shape index (κ3) is 5.28. The summed E-state index contributed by atoms with van der Waals surface area (Å²) < 4.78 is 37.7. The molecule has 0 fully saturated rings. The Balaban J connectivity index is 2.98. The quantitative estimate of drug-likeness (QED) is 0.866. The summed E-state index contributed by atoms with van der Waals surface area (Å²) in [5.41, 5.74) is 1.83. The Morgan fingerprint density at radius 2 is 1.95 bits per heavy atom. The van der Waals surface area contributed by atoms with E-state index in [1.54, 1.807) is 32.0 Å². The lowest BCUT2D eigenvalue weighted by Crippen LogP contribution is -2.39. The molecule has 3 nitrogen and oxygen atoms in total. The molecule has 118 valence electrons. The predicted octanol–water partition coefficient (Wildman–Crippen LogP) is 3.84. The number of nitrogens with zero attached hydrogens (tertiary/aromatic N) is 1. The number of amides is 1. The van der Waals surface area contributed by atoms with Crippen molar-refractivity contribution in [2.45, 2.75) is 33.4 Å². The van der Waals surface area contributed by atoms with Crippen LogP contribution in [-0.4, -0.2) is 36.6 Å². The number of aryl methyl sites for hydroxylation is 1.